The maximum atomic E-state index is 12.3. The number of fused-ring (bicyclic) bond motifs is 1. The summed E-state index contributed by atoms with van der Waals surface area (Å²) >= 11 is 1.15. The summed E-state index contributed by atoms with van der Waals surface area (Å²) in [5.41, 5.74) is 2.75. The molecular weight excluding hydrogens is 560 g/mol. The Kier molecular flexibility index (Phi) is 8.95. The average Bonchev–Trinajstić information content (AvgIpc) is 3.29. The Morgan fingerprint density at radius 1 is 1.10 bits per heavy atom. The van der Waals surface area contributed by atoms with Crippen molar-refractivity contribution in [2.75, 3.05) is 51.4 Å². The fraction of sp³-hybridized carbons (Fsp3) is 0.440. The van der Waals surface area contributed by atoms with Crippen LogP contribution in [0.25, 0.3) is 0 Å². The molecule has 0 amide bonds. The summed E-state index contributed by atoms with van der Waals surface area (Å²) in [6, 6.07) is 3.64. The van der Waals surface area contributed by atoms with Crippen LogP contribution in [0.5, 0.6) is 17.2 Å². The molecule has 1 aromatic carbocycles. The van der Waals surface area contributed by atoms with Crippen LogP contribution < -0.4 is 24.8 Å². The number of nitrogens with zero attached hydrogens (tertiary/aromatic N) is 4. The Bertz CT molecular complexity index is 1480. The zero-order chi connectivity index (χ0) is 29.0. The van der Waals surface area contributed by atoms with Crippen LogP contribution in [0.15, 0.2) is 12.1 Å². The minimum Gasteiger partial charge on any atom is -0.493 e. The van der Waals surface area contributed by atoms with Crippen LogP contribution in [0.3, 0.4) is 0 Å². The van der Waals surface area contributed by atoms with Gasteiger partial charge in [-0.3, -0.25) is 5.32 Å². The number of aryl methyl sites for hydroxylation is 1. The molecule has 3 heterocycles. The van der Waals surface area contributed by atoms with Crippen LogP contribution in [-0.2, 0) is 34.3 Å². The van der Waals surface area contributed by atoms with E-state index in [9.17, 15) is 13.2 Å². The molecule has 1 aliphatic heterocycles. The molecule has 15 heteroatoms. The number of thiazole rings is 1. The molecule has 2 aromatic heterocycles. The lowest BCUT2D eigenvalue weighted by atomic mass is 10.1. The highest BCUT2D eigenvalue weighted by molar-refractivity contribution is 7.88. The predicted molar refractivity (Wildman–Crippen MR) is 151 cm³/mol. The van der Waals surface area contributed by atoms with Crippen molar-refractivity contribution in [3.05, 3.63) is 39.5 Å². The number of esters is 1. The first kappa shape index (κ1) is 29.3. The molecule has 0 atom stereocenters. The van der Waals surface area contributed by atoms with E-state index in [2.05, 4.69) is 25.6 Å². The lowest BCUT2D eigenvalue weighted by Gasteiger charge is -2.28. The van der Waals surface area contributed by atoms with Gasteiger partial charge in [0.2, 0.25) is 21.7 Å². The van der Waals surface area contributed by atoms with Crippen molar-refractivity contribution in [2.24, 2.45) is 0 Å². The van der Waals surface area contributed by atoms with Gasteiger partial charge in [-0.2, -0.15) is 9.29 Å². The Morgan fingerprint density at radius 2 is 1.80 bits per heavy atom. The number of carbonyl (C=O) groups excluding carboxylic acids is 1. The normalized spacial score (nSPS) is 13.3. The fourth-order valence-corrected chi connectivity index (χ4v) is 5.87. The van der Waals surface area contributed by atoms with E-state index in [0.29, 0.717) is 69.5 Å². The molecule has 1 aliphatic rings. The average molecular weight is 593 g/mol. The highest BCUT2D eigenvalue weighted by Crippen LogP contribution is 2.38. The van der Waals surface area contributed by atoms with E-state index in [4.69, 9.17) is 18.9 Å². The van der Waals surface area contributed by atoms with E-state index in [1.807, 2.05) is 12.1 Å². The highest BCUT2D eigenvalue weighted by Gasteiger charge is 2.28. The van der Waals surface area contributed by atoms with Gasteiger partial charge >= 0.3 is 5.97 Å². The number of carbonyl (C=O) groups is 1. The van der Waals surface area contributed by atoms with E-state index in [-0.39, 0.29) is 19.1 Å². The summed E-state index contributed by atoms with van der Waals surface area (Å²) in [4.78, 5) is 26.4. The zero-order valence-electron chi connectivity index (χ0n) is 23.2. The first-order chi connectivity index (χ1) is 19.1. The lowest BCUT2D eigenvalue weighted by Crippen LogP contribution is -2.36. The van der Waals surface area contributed by atoms with Gasteiger partial charge in [-0.1, -0.05) is 11.3 Å². The van der Waals surface area contributed by atoms with Gasteiger partial charge in [-0.05, 0) is 31.5 Å². The predicted octanol–water partition coefficient (Wildman–Crippen LogP) is 3.12. The van der Waals surface area contributed by atoms with Crippen molar-refractivity contribution in [3.8, 4) is 17.2 Å². The van der Waals surface area contributed by atoms with Crippen molar-refractivity contribution in [1.29, 1.82) is 0 Å². The van der Waals surface area contributed by atoms with Crippen LogP contribution in [0, 0.1) is 6.92 Å². The Hall–Kier alpha value is -3.69. The number of sulfonamides is 1. The largest absolute Gasteiger partial charge is 0.493 e. The molecule has 0 saturated carbocycles. The van der Waals surface area contributed by atoms with Gasteiger partial charge < -0.3 is 24.3 Å². The summed E-state index contributed by atoms with van der Waals surface area (Å²) in [5, 5.41) is 6.85. The number of hydrogen-bond acceptors (Lipinski definition) is 13. The molecule has 0 spiro atoms. The number of methoxy groups -OCH3 is 3. The van der Waals surface area contributed by atoms with Crippen molar-refractivity contribution >= 4 is 44.2 Å². The third kappa shape index (κ3) is 6.37. The molecule has 0 aliphatic carbocycles. The molecule has 0 unspecified atom stereocenters. The first-order valence-corrected chi connectivity index (χ1v) is 15.0. The summed E-state index contributed by atoms with van der Waals surface area (Å²) in [6.07, 6.45) is 1.59. The van der Waals surface area contributed by atoms with Gasteiger partial charge in [0.15, 0.2) is 16.6 Å². The smallest absolute Gasteiger partial charge is 0.350 e. The molecule has 3 aromatic rings. The number of ether oxygens (including phenoxy) is 4. The molecule has 0 saturated heterocycles. The second-order valence-corrected chi connectivity index (χ2v) is 11.8. The van der Waals surface area contributed by atoms with E-state index in [1.165, 1.54) is 17.7 Å². The molecule has 216 valence electrons. The van der Waals surface area contributed by atoms with E-state index >= 15 is 0 Å². The summed E-state index contributed by atoms with van der Waals surface area (Å²) in [5.74, 6) is 1.78. The van der Waals surface area contributed by atoms with Crippen LogP contribution in [0.1, 0.15) is 39.1 Å². The number of anilines is 3. The van der Waals surface area contributed by atoms with Crippen LogP contribution >= 0.6 is 11.3 Å². The number of rotatable bonds is 11. The van der Waals surface area contributed by atoms with Crippen LogP contribution in [0.4, 0.5) is 16.9 Å². The van der Waals surface area contributed by atoms with Crippen molar-refractivity contribution in [2.45, 2.75) is 33.4 Å². The third-order valence-electron chi connectivity index (χ3n) is 6.15. The maximum absolute atomic E-state index is 12.3. The number of aromatic nitrogens is 3. The summed E-state index contributed by atoms with van der Waals surface area (Å²) < 4.78 is 47.4. The highest BCUT2D eigenvalue weighted by atomic mass is 32.2. The molecular formula is C25H32N6O7S2. The molecule has 40 heavy (non-hydrogen) atoms. The quantitative estimate of drug-likeness (QED) is 0.314. The van der Waals surface area contributed by atoms with Gasteiger partial charge in [0.05, 0.1) is 45.6 Å². The Morgan fingerprint density at radius 3 is 2.40 bits per heavy atom. The van der Waals surface area contributed by atoms with Gasteiger partial charge in [-0.15, -0.1) is 0 Å². The molecule has 2 N–H and O–H groups in total. The van der Waals surface area contributed by atoms with E-state index < -0.39 is 16.0 Å². The van der Waals surface area contributed by atoms with Crippen LogP contribution in [0.2, 0.25) is 0 Å². The van der Waals surface area contributed by atoms with Gasteiger partial charge in [0.25, 0.3) is 0 Å². The molecule has 4 rings (SSSR count). The monoisotopic (exact) mass is 592 g/mol. The van der Waals surface area contributed by atoms with Gasteiger partial charge in [-0.25, -0.2) is 23.2 Å². The molecule has 13 nitrogen and oxygen atoms in total. The lowest BCUT2D eigenvalue weighted by molar-refractivity contribution is 0.0531. The second-order valence-electron chi connectivity index (χ2n) is 8.83. The number of hydrogen-bond donors (Lipinski definition) is 2. The Labute approximate surface area is 236 Å². The summed E-state index contributed by atoms with van der Waals surface area (Å²) in [7, 11) is 1.20. The topological polar surface area (TPSA) is 154 Å². The molecule has 0 fully saturated rings. The third-order valence-corrected chi connectivity index (χ3v) is 8.46. The van der Waals surface area contributed by atoms with Crippen molar-refractivity contribution < 1.29 is 32.2 Å². The van der Waals surface area contributed by atoms with Crippen LogP contribution in [-0.4, -0.2) is 74.4 Å². The number of benzene rings is 1. The second kappa shape index (κ2) is 12.2. The van der Waals surface area contributed by atoms with E-state index in [1.54, 1.807) is 28.1 Å². The minimum absolute atomic E-state index is 0.134. The first-order valence-electron chi connectivity index (χ1n) is 12.4. The maximum Gasteiger partial charge on any atom is 0.350 e. The molecule has 0 bridgehead atoms. The minimum atomic E-state index is -3.42. The van der Waals surface area contributed by atoms with Gasteiger partial charge in [0, 0.05) is 31.6 Å². The standard InChI is InChI=1S/C25H32N6O7S2/c1-7-38-23(32)21-14(2)27-25(39-21)30-24-28-17-8-9-31(40(6,33)34)13-16(17)22(29-24)26-12-15-10-18(35-3)20(37-5)19(11-15)36-4/h10-11H,7-9,12-13H2,1-6H3,(H2,26,27,28,29,30). The van der Waals surface area contributed by atoms with E-state index in [0.717, 1.165) is 16.9 Å². The fourth-order valence-electron chi connectivity index (χ4n) is 4.23. The summed E-state index contributed by atoms with van der Waals surface area (Å²) in [6.45, 7) is 4.49. The van der Waals surface area contributed by atoms with Gasteiger partial charge in [0.1, 0.15) is 10.7 Å². The zero-order valence-corrected chi connectivity index (χ0v) is 24.8. The SMILES string of the molecule is CCOC(=O)c1sc(Nc2nc3c(c(NCc4cc(OC)c(OC)c(OC)c4)n2)CN(S(C)(=O)=O)CC3)nc1C. The molecule has 0 radical (unpaired) electrons. The van der Waals surface area contributed by atoms with Crippen molar-refractivity contribution in [1.82, 2.24) is 19.3 Å². The number of nitrogens with one attached hydrogen (secondary N) is 2. The van der Waals surface area contributed by atoms with Crippen molar-refractivity contribution in [3.63, 3.8) is 0 Å². The Balaban J connectivity index is 1.67.